The van der Waals surface area contributed by atoms with Gasteiger partial charge in [-0.15, -0.1) is 0 Å². The number of carbonyl (C=O) groups excluding carboxylic acids is 1. The first-order chi connectivity index (χ1) is 11.7. The van der Waals surface area contributed by atoms with Crippen molar-refractivity contribution in [2.75, 3.05) is 0 Å². The molecule has 0 bridgehead atoms. The number of aliphatic hydroxyl groups is 1. The molecule has 9 heteroatoms. The lowest BCUT2D eigenvalue weighted by Crippen LogP contribution is -2.05. The van der Waals surface area contributed by atoms with Crippen molar-refractivity contribution < 1.29 is 28.0 Å². The van der Waals surface area contributed by atoms with Gasteiger partial charge in [0.25, 0.3) is 5.69 Å². The van der Waals surface area contributed by atoms with E-state index in [1.165, 1.54) is 36.4 Å². The van der Waals surface area contributed by atoms with Crippen LogP contribution < -0.4 is 0 Å². The van der Waals surface area contributed by atoms with E-state index in [0.29, 0.717) is 10.5 Å². The number of thioether (sulfide) groups is 1. The number of halogens is 3. The van der Waals surface area contributed by atoms with Crippen LogP contribution >= 0.6 is 11.8 Å². The van der Waals surface area contributed by atoms with Crippen molar-refractivity contribution in [2.45, 2.75) is 23.6 Å². The van der Waals surface area contributed by atoms with Crippen LogP contribution in [0.4, 0.5) is 18.9 Å². The Morgan fingerprint density at radius 3 is 2.16 bits per heavy atom. The molecule has 2 aromatic rings. The molecule has 0 aliphatic carbocycles. The van der Waals surface area contributed by atoms with Crippen molar-refractivity contribution in [2.24, 2.45) is 0 Å². The number of nitro groups is 1. The standard InChI is InChI=1S/C16H12F3NO4S/c17-16(18,19)11-3-7-13(8-4-11)25-15(22)9-14(21)10-1-5-12(6-2-10)20(23)24/h1-8,14,21H,9H2. The van der Waals surface area contributed by atoms with Crippen LogP contribution in [0.15, 0.2) is 53.4 Å². The molecule has 1 N–H and O–H groups in total. The molecule has 0 aromatic heterocycles. The fourth-order valence-electron chi connectivity index (χ4n) is 1.98. The summed E-state index contributed by atoms with van der Waals surface area (Å²) in [5, 5.41) is 20.1. The van der Waals surface area contributed by atoms with Crippen LogP contribution in [0.1, 0.15) is 23.7 Å². The van der Waals surface area contributed by atoms with Gasteiger partial charge in [0.05, 0.1) is 16.6 Å². The van der Waals surface area contributed by atoms with Gasteiger partial charge in [-0.3, -0.25) is 14.9 Å². The van der Waals surface area contributed by atoms with E-state index in [1.54, 1.807) is 0 Å². The van der Waals surface area contributed by atoms with Gasteiger partial charge in [0.1, 0.15) is 0 Å². The summed E-state index contributed by atoms with van der Waals surface area (Å²) in [7, 11) is 0. The van der Waals surface area contributed by atoms with Crippen molar-refractivity contribution in [1.29, 1.82) is 0 Å². The summed E-state index contributed by atoms with van der Waals surface area (Å²) in [6.07, 6.45) is -5.88. The maximum absolute atomic E-state index is 12.5. The first-order valence-corrected chi connectivity index (χ1v) is 7.79. The van der Waals surface area contributed by atoms with Gasteiger partial charge in [0, 0.05) is 23.4 Å². The minimum absolute atomic E-state index is 0.138. The van der Waals surface area contributed by atoms with Gasteiger partial charge in [-0.2, -0.15) is 13.2 Å². The molecular formula is C16H12F3NO4S. The first-order valence-electron chi connectivity index (χ1n) is 6.97. The van der Waals surface area contributed by atoms with E-state index in [4.69, 9.17) is 0 Å². The van der Waals surface area contributed by atoms with Crippen LogP contribution in [0.25, 0.3) is 0 Å². The van der Waals surface area contributed by atoms with Crippen LogP contribution in [-0.2, 0) is 11.0 Å². The molecule has 0 fully saturated rings. The fourth-order valence-corrected chi connectivity index (χ4v) is 2.76. The van der Waals surface area contributed by atoms with E-state index in [0.717, 1.165) is 23.9 Å². The fraction of sp³-hybridized carbons (Fsp3) is 0.188. The highest BCUT2D eigenvalue weighted by molar-refractivity contribution is 8.13. The summed E-state index contributed by atoms with van der Waals surface area (Å²) in [6, 6.07) is 9.24. The number of alkyl halides is 3. The van der Waals surface area contributed by atoms with Gasteiger partial charge in [-0.25, -0.2) is 0 Å². The normalized spacial score (nSPS) is 12.6. The third-order valence-corrected chi connectivity index (χ3v) is 4.16. The van der Waals surface area contributed by atoms with Crippen molar-refractivity contribution >= 4 is 22.6 Å². The van der Waals surface area contributed by atoms with Crippen LogP contribution in [0.3, 0.4) is 0 Å². The van der Waals surface area contributed by atoms with Gasteiger partial charge in [0.2, 0.25) is 0 Å². The summed E-state index contributed by atoms with van der Waals surface area (Å²) < 4.78 is 37.4. The largest absolute Gasteiger partial charge is 0.416 e. The van der Waals surface area contributed by atoms with Crippen molar-refractivity contribution in [3.8, 4) is 0 Å². The first kappa shape index (κ1) is 18.9. The average Bonchev–Trinajstić information content (AvgIpc) is 2.54. The second-order valence-corrected chi connectivity index (χ2v) is 6.20. The summed E-state index contributed by atoms with van der Waals surface area (Å²) in [6.45, 7) is 0. The summed E-state index contributed by atoms with van der Waals surface area (Å²) >= 11 is 0.719. The maximum atomic E-state index is 12.5. The molecule has 5 nitrogen and oxygen atoms in total. The van der Waals surface area contributed by atoms with Crippen molar-refractivity contribution in [3.05, 3.63) is 69.8 Å². The zero-order valence-corrected chi connectivity index (χ0v) is 13.4. The highest BCUT2D eigenvalue weighted by atomic mass is 32.2. The summed E-state index contributed by atoms with van der Waals surface area (Å²) in [5.74, 6) is 0. The molecule has 0 radical (unpaired) electrons. The molecule has 2 aromatic carbocycles. The van der Waals surface area contributed by atoms with Gasteiger partial charge in [0.15, 0.2) is 5.12 Å². The van der Waals surface area contributed by atoms with Crippen LogP contribution in [0.2, 0.25) is 0 Å². The van der Waals surface area contributed by atoms with E-state index in [-0.39, 0.29) is 12.1 Å². The molecule has 0 amide bonds. The van der Waals surface area contributed by atoms with Gasteiger partial charge in [-0.1, -0.05) is 11.8 Å². The Labute approximate surface area is 144 Å². The van der Waals surface area contributed by atoms with Crippen LogP contribution in [0, 0.1) is 10.1 Å². The number of nitrogens with zero attached hydrogens (tertiary/aromatic N) is 1. The Kier molecular flexibility index (Phi) is 5.81. The van der Waals surface area contributed by atoms with Gasteiger partial charge >= 0.3 is 6.18 Å². The smallest absolute Gasteiger partial charge is 0.388 e. The van der Waals surface area contributed by atoms with E-state index < -0.39 is 27.9 Å². The number of rotatable bonds is 5. The molecule has 1 unspecified atom stereocenters. The molecular weight excluding hydrogens is 359 g/mol. The molecule has 0 aliphatic heterocycles. The number of hydrogen-bond donors (Lipinski definition) is 1. The molecule has 25 heavy (non-hydrogen) atoms. The van der Waals surface area contributed by atoms with Crippen LogP contribution in [0.5, 0.6) is 0 Å². The lowest BCUT2D eigenvalue weighted by Gasteiger charge is -2.10. The number of aliphatic hydroxyl groups excluding tert-OH is 1. The summed E-state index contributed by atoms with van der Waals surface area (Å²) in [4.78, 5) is 22.2. The quantitative estimate of drug-likeness (QED) is 0.480. The Morgan fingerprint density at radius 2 is 1.68 bits per heavy atom. The lowest BCUT2D eigenvalue weighted by molar-refractivity contribution is -0.384. The van der Waals surface area contributed by atoms with Crippen molar-refractivity contribution in [1.82, 2.24) is 0 Å². The second kappa shape index (κ2) is 7.66. The highest BCUT2D eigenvalue weighted by Crippen LogP contribution is 2.32. The van der Waals surface area contributed by atoms with E-state index >= 15 is 0 Å². The Morgan fingerprint density at radius 1 is 1.12 bits per heavy atom. The SMILES string of the molecule is O=C(CC(O)c1ccc([N+](=O)[O-])cc1)Sc1ccc(C(F)(F)F)cc1. The third kappa shape index (κ3) is 5.30. The monoisotopic (exact) mass is 371 g/mol. The van der Waals surface area contributed by atoms with Gasteiger partial charge in [-0.05, 0) is 42.0 Å². The molecule has 1 atom stereocenters. The summed E-state index contributed by atoms with van der Waals surface area (Å²) in [5.41, 5.74) is -0.608. The number of hydrogen-bond acceptors (Lipinski definition) is 5. The molecule has 0 spiro atoms. The van der Waals surface area contributed by atoms with Crippen LogP contribution in [-0.4, -0.2) is 15.1 Å². The molecule has 0 aliphatic rings. The lowest BCUT2D eigenvalue weighted by atomic mass is 10.1. The predicted octanol–water partition coefficient (Wildman–Crippen LogP) is 4.36. The molecule has 2 rings (SSSR count). The Hall–Kier alpha value is -2.39. The molecule has 0 saturated carbocycles. The highest BCUT2D eigenvalue weighted by Gasteiger charge is 2.30. The van der Waals surface area contributed by atoms with E-state index in [9.17, 15) is 33.2 Å². The van der Waals surface area contributed by atoms with E-state index in [2.05, 4.69) is 0 Å². The third-order valence-electron chi connectivity index (χ3n) is 3.26. The molecule has 0 saturated heterocycles. The number of benzene rings is 2. The van der Waals surface area contributed by atoms with Gasteiger partial charge < -0.3 is 5.11 Å². The molecule has 0 heterocycles. The number of non-ortho nitro benzene ring substituents is 1. The minimum atomic E-state index is -4.45. The Bertz CT molecular complexity index is 760. The number of carbonyl (C=O) groups is 1. The maximum Gasteiger partial charge on any atom is 0.416 e. The van der Waals surface area contributed by atoms with Crippen molar-refractivity contribution in [3.63, 3.8) is 0 Å². The molecule has 132 valence electrons. The Balaban J connectivity index is 1.96. The van der Waals surface area contributed by atoms with E-state index in [1.807, 2.05) is 0 Å². The topological polar surface area (TPSA) is 80.4 Å². The zero-order valence-electron chi connectivity index (χ0n) is 12.6. The zero-order chi connectivity index (χ0) is 18.6. The second-order valence-electron chi connectivity index (χ2n) is 5.06. The minimum Gasteiger partial charge on any atom is -0.388 e. The predicted molar refractivity (Wildman–Crippen MR) is 85.0 cm³/mol. The number of nitro benzene ring substituents is 1. The average molecular weight is 371 g/mol.